The van der Waals surface area contributed by atoms with E-state index < -0.39 is 24.1 Å². The van der Waals surface area contributed by atoms with E-state index in [1.807, 2.05) is 0 Å². The van der Waals surface area contributed by atoms with Crippen LogP contribution in [0.4, 0.5) is 0 Å². The average Bonchev–Trinajstić information content (AvgIpc) is 2.78. The monoisotopic (exact) mass is 464 g/mol. The lowest BCUT2D eigenvalue weighted by Gasteiger charge is -2.15. The van der Waals surface area contributed by atoms with Gasteiger partial charge in [-0.1, -0.05) is 78.1 Å². The van der Waals surface area contributed by atoms with Gasteiger partial charge in [-0.3, -0.25) is 9.59 Å². The van der Waals surface area contributed by atoms with Crippen LogP contribution >= 0.6 is 0 Å². The fourth-order valence-corrected chi connectivity index (χ4v) is 3.10. The van der Waals surface area contributed by atoms with Gasteiger partial charge in [0.2, 0.25) is 0 Å². The van der Waals surface area contributed by atoms with Crippen LogP contribution in [0.3, 0.4) is 0 Å². The molecule has 0 amide bonds. The van der Waals surface area contributed by atoms with Crippen molar-refractivity contribution in [1.82, 2.24) is 0 Å². The van der Waals surface area contributed by atoms with E-state index in [0.29, 0.717) is 12.8 Å². The summed E-state index contributed by atoms with van der Waals surface area (Å²) in [6.45, 7) is 3.47. The fraction of sp³-hybridized carbons (Fsp3) is 0.917. The Hall–Kier alpha value is -1.22. The molecule has 0 saturated heterocycles. The third-order valence-electron chi connectivity index (χ3n) is 5.15. The van der Waals surface area contributed by atoms with E-state index in [2.05, 4.69) is 13.8 Å². The van der Waals surface area contributed by atoms with E-state index in [-0.39, 0.29) is 32.2 Å². The van der Waals surface area contributed by atoms with Gasteiger partial charge in [0.15, 0.2) is 0 Å². The van der Waals surface area contributed by atoms with Gasteiger partial charge in [0, 0.05) is 6.42 Å². The van der Waals surface area contributed by atoms with Crippen molar-refractivity contribution < 1.29 is 39.9 Å². The molecule has 0 aromatic heterocycles. The normalized spacial score (nSPS) is 13.6. The molecule has 0 aromatic rings. The summed E-state index contributed by atoms with van der Waals surface area (Å²) in [5, 5.41) is 44.3. The Kier molecular flexibility index (Phi) is 25.2. The van der Waals surface area contributed by atoms with E-state index in [9.17, 15) is 14.7 Å². The molecule has 0 saturated carbocycles. The van der Waals surface area contributed by atoms with Crippen molar-refractivity contribution in [2.24, 2.45) is 5.92 Å². The van der Waals surface area contributed by atoms with Gasteiger partial charge in [0.05, 0.1) is 25.2 Å². The zero-order valence-electron chi connectivity index (χ0n) is 20.2. The Morgan fingerprint density at radius 1 is 0.750 bits per heavy atom. The summed E-state index contributed by atoms with van der Waals surface area (Å²) in [6, 6.07) is 0. The second-order valence-corrected chi connectivity index (χ2v) is 8.35. The number of carboxylic acids is 1. The molecule has 0 fully saturated rings. The number of esters is 1. The van der Waals surface area contributed by atoms with Crippen molar-refractivity contribution in [3.8, 4) is 0 Å². The van der Waals surface area contributed by atoms with Crippen LogP contribution in [0.5, 0.6) is 0 Å². The number of carbonyl (C=O) groups excluding carboxylic acids is 1. The van der Waals surface area contributed by atoms with Gasteiger partial charge >= 0.3 is 11.9 Å². The molecule has 32 heavy (non-hydrogen) atoms. The highest BCUT2D eigenvalue weighted by Gasteiger charge is 2.20. The van der Waals surface area contributed by atoms with Crippen LogP contribution in [-0.2, 0) is 14.3 Å². The predicted octanol–water partition coefficient (Wildman–Crippen LogP) is 3.42. The molecule has 8 heteroatoms. The molecule has 0 aromatic carbocycles. The van der Waals surface area contributed by atoms with Crippen molar-refractivity contribution in [3.63, 3.8) is 0 Å². The zero-order chi connectivity index (χ0) is 24.6. The third kappa shape index (κ3) is 23.4. The van der Waals surface area contributed by atoms with Crippen molar-refractivity contribution in [3.05, 3.63) is 0 Å². The number of aliphatic hydroxyl groups is 4. The number of carbonyl (C=O) groups is 2. The minimum atomic E-state index is -0.950. The lowest BCUT2D eigenvalue weighted by Crippen LogP contribution is -2.23. The molecule has 3 atom stereocenters. The van der Waals surface area contributed by atoms with Crippen molar-refractivity contribution >= 4 is 11.9 Å². The molecule has 5 N–H and O–H groups in total. The van der Waals surface area contributed by atoms with Gasteiger partial charge in [-0.25, -0.2) is 0 Å². The summed E-state index contributed by atoms with van der Waals surface area (Å²) in [7, 11) is 0. The Bertz CT molecular complexity index is 430. The number of carboxylic acid groups (broad SMARTS) is 1. The van der Waals surface area contributed by atoms with Gasteiger partial charge in [-0.05, 0) is 19.3 Å². The zero-order valence-corrected chi connectivity index (χ0v) is 20.2. The molecule has 3 unspecified atom stereocenters. The maximum Gasteiger partial charge on any atom is 0.306 e. The predicted molar refractivity (Wildman–Crippen MR) is 124 cm³/mol. The van der Waals surface area contributed by atoms with Crippen molar-refractivity contribution in [2.45, 2.75) is 116 Å². The molecule has 192 valence electrons. The topological polar surface area (TPSA) is 145 Å². The highest BCUT2D eigenvalue weighted by Crippen LogP contribution is 2.17. The van der Waals surface area contributed by atoms with Crippen LogP contribution in [0.15, 0.2) is 0 Å². The largest absolute Gasteiger partial charge is 0.481 e. The lowest BCUT2D eigenvalue weighted by molar-refractivity contribution is -0.147. The summed E-state index contributed by atoms with van der Waals surface area (Å²) in [4.78, 5) is 22.0. The third-order valence-corrected chi connectivity index (χ3v) is 5.15. The Morgan fingerprint density at radius 2 is 1.25 bits per heavy atom. The Labute approximate surface area is 194 Å². The number of aliphatic hydroxyl groups excluding tert-OH is 4. The second kappa shape index (κ2) is 24.4. The number of ether oxygens (including phenoxy) is 1. The molecule has 0 bridgehead atoms. The summed E-state index contributed by atoms with van der Waals surface area (Å²) < 4.78 is 4.75. The SMILES string of the molecule is CCCCCCCC(=O)OCC(O)CO.CCCCCCCCC(CC(O)CO)C(=O)O. The van der Waals surface area contributed by atoms with Crippen molar-refractivity contribution in [2.75, 3.05) is 19.8 Å². The first-order valence-electron chi connectivity index (χ1n) is 12.3. The first-order valence-corrected chi connectivity index (χ1v) is 12.3. The first kappa shape index (κ1) is 33.0. The van der Waals surface area contributed by atoms with Gasteiger partial charge in [-0.15, -0.1) is 0 Å². The van der Waals surface area contributed by atoms with E-state index >= 15 is 0 Å². The fourth-order valence-electron chi connectivity index (χ4n) is 3.10. The molecule has 0 aliphatic heterocycles. The van der Waals surface area contributed by atoms with Crippen LogP contribution in [0.1, 0.15) is 104 Å². The molecular formula is C24H48O8. The highest BCUT2D eigenvalue weighted by atomic mass is 16.5. The van der Waals surface area contributed by atoms with Crippen LogP contribution in [-0.4, -0.2) is 69.5 Å². The van der Waals surface area contributed by atoms with E-state index in [1.54, 1.807) is 0 Å². The summed E-state index contributed by atoms with van der Waals surface area (Å²) in [5.74, 6) is -1.69. The van der Waals surface area contributed by atoms with Gasteiger partial charge in [0.1, 0.15) is 12.7 Å². The molecule has 8 nitrogen and oxygen atoms in total. The first-order chi connectivity index (χ1) is 15.3. The van der Waals surface area contributed by atoms with Gasteiger partial charge in [0.25, 0.3) is 0 Å². The van der Waals surface area contributed by atoms with Crippen LogP contribution in [0.25, 0.3) is 0 Å². The Morgan fingerprint density at radius 3 is 1.75 bits per heavy atom. The number of unbranched alkanes of at least 4 members (excludes halogenated alkanes) is 9. The van der Waals surface area contributed by atoms with E-state index in [0.717, 1.165) is 38.5 Å². The second-order valence-electron chi connectivity index (χ2n) is 8.35. The van der Waals surface area contributed by atoms with Crippen molar-refractivity contribution in [1.29, 1.82) is 0 Å². The quantitative estimate of drug-likeness (QED) is 0.136. The molecule has 0 radical (unpaired) electrons. The molecule has 0 heterocycles. The highest BCUT2D eigenvalue weighted by molar-refractivity contribution is 5.70. The summed E-state index contributed by atoms with van der Waals surface area (Å²) in [5.41, 5.74) is 0. The number of aliphatic carboxylic acids is 1. The molecule has 0 rings (SSSR count). The molecule has 0 aliphatic rings. The molecular weight excluding hydrogens is 416 g/mol. The maximum absolute atomic E-state index is 11.1. The number of rotatable bonds is 20. The minimum Gasteiger partial charge on any atom is -0.481 e. The smallest absolute Gasteiger partial charge is 0.306 e. The lowest BCUT2D eigenvalue weighted by atomic mass is 9.95. The van der Waals surface area contributed by atoms with Crippen LogP contribution in [0, 0.1) is 5.92 Å². The molecule has 0 spiro atoms. The van der Waals surface area contributed by atoms with E-state index in [4.69, 9.17) is 25.2 Å². The Balaban J connectivity index is 0. The number of hydrogen-bond donors (Lipinski definition) is 5. The minimum absolute atomic E-state index is 0.107. The van der Waals surface area contributed by atoms with E-state index in [1.165, 1.54) is 32.1 Å². The van der Waals surface area contributed by atoms with Crippen LogP contribution < -0.4 is 0 Å². The average molecular weight is 465 g/mol. The summed E-state index contributed by atoms with van der Waals surface area (Å²) >= 11 is 0. The number of hydrogen-bond acceptors (Lipinski definition) is 7. The standard InChI is InChI=1S/C13H26O4.C11H22O4/c1-2-3-4-5-6-7-8-11(13(16)17)9-12(15)10-14;1-2-3-4-5-6-7-11(14)15-9-10(13)8-12/h11-12,14-15H,2-10H2,1H3,(H,16,17);10,12-13H,2-9H2,1H3. The summed E-state index contributed by atoms with van der Waals surface area (Å²) in [6.07, 6.45) is 11.5. The van der Waals surface area contributed by atoms with Crippen LogP contribution in [0.2, 0.25) is 0 Å². The van der Waals surface area contributed by atoms with Gasteiger partial charge < -0.3 is 30.3 Å². The maximum atomic E-state index is 11.1. The van der Waals surface area contributed by atoms with Gasteiger partial charge in [-0.2, -0.15) is 0 Å². The molecule has 0 aliphatic carbocycles.